The van der Waals surface area contributed by atoms with Crippen LogP contribution >= 0.6 is 0 Å². The van der Waals surface area contributed by atoms with Gasteiger partial charge in [0.15, 0.2) is 0 Å². The molecule has 24 heavy (non-hydrogen) atoms. The van der Waals surface area contributed by atoms with Crippen LogP contribution in [0.4, 0.5) is 5.82 Å². The minimum Gasteiger partial charge on any atom is -0.490 e. The van der Waals surface area contributed by atoms with Gasteiger partial charge in [-0.15, -0.1) is 0 Å². The van der Waals surface area contributed by atoms with Crippen molar-refractivity contribution in [3.8, 4) is 5.75 Å². The molecule has 0 spiro atoms. The van der Waals surface area contributed by atoms with Crippen molar-refractivity contribution in [1.82, 2.24) is 14.9 Å². The lowest BCUT2D eigenvalue weighted by atomic mass is 10.1. The monoisotopic (exact) mass is 326 g/mol. The van der Waals surface area contributed by atoms with Crippen molar-refractivity contribution in [2.75, 3.05) is 31.6 Å². The van der Waals surface area contributed by atoms with Gasteiger partial charge in [0.2, 0.25) is 5.91 Å². The van der Waals surface area contributed by atoms with Gasteiger partial charge in [0.1, 0.15) is 17.7 Å². The average Bonchev–Trinajstić information content (AvgIpc) is 2.64. The molecule has 1 aliphatic rings. The number of rotatable bonds is 5. The van der Waals surface area contributed by atoms with Gasteiger partial charge in [-0.1, -0.05) is 18.2 Å². The van der Waals surface area contributed by atoms with E-state index in [4.69, 9.17) is 4.74 Å². The number of benzene rings is 1. The maximum absolute atomic E-state index is 12.4. The topological polar surface area (TPSA) is 58.6 Å². The summed E-state index contributed by atoms with van der Waals surface area (Å²) in [5.41, 5.74) is 0. The Hall–Kier alpha value is -2.63. The normalized spacial score (nSPS) is 15.1. The second-order valence-electron chi connectivity index (χ2n) is 5.93. The van der Waals surface area contributed by atoms with Gasteiger partial charge in [-0.2, -0.15) is 0 Å². The lowest BCUT2D eigenvalue weighted by Gasteiger charge is -2.33. The van der Waals surface area contributed by atoms with Crippen LogP contribution in [0.5, 0.6) is 5.75 Å². The average molecular weight is 326 g/mol. The van der Waals surface area contributed by atoms with Gasteiger partial charge < -0.3 is 14.5 Å². The van der Waals surface area contributed by atoms with Crippen LogP contribution in [0.2, 0.25) is 0 Å². The number of likely N-dealkylation sites (N-methyl/N-ethyl adjacent to an activating group) is 1. The zero-order valence-corrected chi connectivity index (χ0v) is 13.8. The van der Waals surface area contributed by atoms with Crippen molar-refractivity contribution < 1.29 is 9.53 Å². The van der Waals surface area contributed by atoms with Crippen LogP contribution in [-0.2, 0) is 4.79 Å². The fraction of sp³-hybridized carbons (Fsp3) is 0.389. The third-order valence-electron chi connectivity index (χ3n) is 4.15. The molecule has 1 saturated heterocycles. The van der Waals surface area contributed by atoms with E-state index in [1.807, 2.05) is 47.2 Å². The molecule has 2 aromatic rings. The number of para-hydroxylation sites is 1. The molecule has 1 aromatic carbocycles. The van der Waals surface area contributed by atoms with Crippen molar-refractivity contribution in [3.05, 3.63) is 48.9 Å². The van der Waals surface area contributed by atoms with E-state index in [-0.39, 0.29) is 12.0 Å². The quantitative estimate of drug-likeness (QED) is 0.841. The molecular weight excluding hydrogens is 304 g/mol. The van der Waals surface area contributed by atoms with Crippen molar-refractivity contribution in [2.24, 2.45) is 0 Å². The number of carbonyl (C=O) groups excluding carboxylic acids is 1. The summed E-state index contributed by atoms with van der Waals surface area (Å²) in [6, 6.07) is 9.84. The van der Waals surface area contributed by atoms with Crippen molar-refractivity contribution in [3.63, 3.8) is 0 Å². The zero-order valence-electron chi connectivity index (χ0n) is 13.8. The first-order valence-corrected chi connectivity index (χ1v) is 8.19. The highest BCUT2D eigenvalue weighted by atomic mass is 16.5. The molecule has 2 heterocycles. The molecule has 0 aliphatic carbocycles. The van der Waals surface area contributed by atoms with Crippen LogP contribution < -0.4 is 9.64 Å². The summed E-state index contributed by atoms with van der Waals surface area (Å²) in [6.07, 6.45) is 6.80. The Kier molecular flexibility index (Phi) is 5.25. The highest BCUT2D eigenvalue weighted by Gasteiger charge is 2.24. The number of carbonyl (C=O) groups is 1. The number of amides is 1. The molecule has 0 N–H and O–H groups in total. The second-order valence-corrected chi connectivity index (χ2v) is 5.93. The van der Waals surface area contributed by atoms with Gasteiger partial charge >= 0.3 is 0 Å². The molecule has 0 saturated carbocycles. The maximum Gasteiger partial charge on any atom is 0.242 e. The molecule has 0 unspecified atom stereocenters. The van der Waals surface area contributed by atoms with Gasteiger partial charge in [-0.25, -0.2) is 4.98 Å². The fourth-order valence-corrected chi connectivity index (χ4v) is 2.79. The highest BCUT2D eigenvalue weighted by Crippen LogP contribution is 2.19. The molecule has 0 bridgehead atoms. The van der Waals surface area contributed by atoms with E-state index in [1.165, 1.54) is 0 Å². The summed E-state index contributed by atoms with van der Waals surface area (Å²) in [4.78, 5) is 24.4. The van der Waals surface area contributed by atoms with Crippen LogP contribution in [0.1, 0.15) is 12.8 Å². The summed E-state index contributed by atoms with van der Waals surface area (Å²) in [7, 11) is 1.85. The first-order valence-electron chi connectivity index (χ1n) is 8.19. The second kappa shape index (κ2) is 7.77. The number of hydrogen-bond donors (Lipinski definition) is 0. The minimum absolute atomic E-state index is 0.112. The van der Waals surface area contributed by atoms with Gasteiger partial charge in [-0.05, 0) is 12.1 Å². The Morgan fingerprint density at radius 1 is 1.25 bits per heavy atom. The number of ether oxygens (including phenoxy) is 1. The standard InChI is InChI=1S/C18H22N4O2/c1-21(17-13-19-9-10-20-17)14-18(23)22-11-7-16(8-12-22)24-15-5-3-2-4-6-15/h2-6,9-10,13,16H,7-8,11-12,14H2,1H3. The number of aromatic nitrogens is 2. The van der Waals surface area contributed by atoms with Crippen molar-refractivity contribution >= 4 is 11.7 Å². The van der Waals surface area contributed by atoms with Crippen molar-refractivity contribution in [1.29, 1.82) is 0 Å². The predicted molar refractivity (Wildman–Crippen MR) is 92.0 cm³/mol. The van der Waals surface area contributed by atoms with E-state index in [0.717, 1.165) is 31.7 Å². The molecule has 6 nitrogen and oxygen atoms in total. The van der Waals surface area contributed by atoms with Crippen LogP contribution in [0.15, 0.2) is 48.9 Å². The van der Waals surface area contributed by atoms with Crippen LogP contribution in [-0.4, -0.2) is 53.6 Å². The lowest BCUT2D eigenvalue weighted by Crippen LogP contribution is -2.45. The Bertz CT molecular complexity index is 643. The van der Waals surface area contributed by atoms with Crippen molar-refractivity contribution in [2.45, 2.75) is 18.9 Å². The zero-order chi connectivity index (χ0) is 16.8. The number of hydrogen-bond acceptors (Lipinski definition) is 5. The van der Waals surface area contributed by atoms with Gasteiger partial charge in [0.05, 0.1) is 12.7 Å². The summed E-state index contributed by atoms with van der Waals surface area (Å²) < 4.78 is 5.97. The molecule has 6 heteroatoms. The van der Waals surface area contributed by atoms with E-state index in [9.17, 15) is 4.79 Å². The summed E-state index contributed by atoms with van der Waals surface area (Å²) in [6.45, 7) is 1.76. The molecule has 1 aliphatic heterocycles. The van der Waals surface area contributed by atoms with E-state index in [1.54, 1.807) is 18.6 Å². The number of piperidine rings is 1. The van der Waals surface area contributed by atoms with Gasteiger partial charge in [0.25, 0.3) is 0 Å². The molecule has 0 radical (unpaired) electrons. The molecule has 1 amide bonds. The Balaban J connectivity index is 1.47. The first-order chi connectivity index (χ1) is 11.7. The molecule has 0 atom stereocenters. The van der Waals surface area contributed by atoms with E-state index < -0.39 is 0 Å². The number of likely N-dealkylation sites (tertiary alicyclic amines) is 1. The van der Waals surface area contributed by atoms with E-state index in [0.29, 0.717) is 12.4 Å². The Labute approximate surface area is 142 Å². The molecule has 3 rings (SSSR count). The molecular formula is C18H22N4O2. The van der Waals surface area contributed by atoms with Crippen LogP contribution in [0.25, 0.3) is 0 Å². The lowest BCUT2D eigenvalue weighted by molar-refractivity contribution is -0.131. The summed E-state index contributed by atoms with van der Waals surface area (Å²) in [5, 5.41) is 0. The van der Waals surface area contributed by atoms with Gasteiger partial charge in [0, 0.05) is 45.4 Å². The number of anilines is 1. The van der Waals surface area contributed by atoms with Crippen LogP contribution in [0.3, 0.4) is 0 Å². The molecule has 1 aromatic heterocycles. The smallest absolute Gasteiger partial charge is 0.242 e. The number of nitrogens with zero attached hydrogens (tertiary/aromatic N) is 4. The largest absolute Gasteiger partial charge is 0.490 e. The summed E-state index contributed by atoms with van der Waals surface area (Å²) >= 11 is 0. The predicted octanol–water partition coefficient (Wildman–Crippen LogP) is 1.98. The first kappa shape index (κ1) is 16.2. The molecule has 126 valence electrons. The SMILES string of the molecule is CN(CC(=O)N1CCC(Oc2ccccc2)CC1)c1cnccn1. The highest BCUT2D eigenvalue weighted by molar-refractivity contribution is 5.81. The van der Waals surface area contributed by atoms with E-state index in [2.05, 4.69) is 9.97 Å². The van der Waals surface area contributed by atoms with Crippen LogP contribution in [0, 0.1) is 0 Å². The third-order valence-corrected chi connectivity index (χ3v) is 4.15. The minimum atomic E-state index is 0.112. The van der Waals surface area contributed by atoms with E-state index >= 15 is 0 Å². The molecule has 1 fully saturated rings. The third kappa shape index (κ3) is 4.22. The maximum atomic E-state index is 12.4. The Morgan fingerprint density at radius 3 is 2.67 bits per heavy atom. The van der Waals surface area contributed by atoms with Gasteiger partial charge in [-0.3, -0.25) is 9.78 Å². The Morgan fingerprint density at radius 2 is 2.00 bits per heavy atom. The summed E-state index contributed by atoms with van der Waals surface area (Å²) in [5.74, 6) is 1.71. The fourth-order valence-electron chi connectivity index (χ4n) is 2.79.